The van der Waals surface area contributed by atoms with Crippen LogP contribution in [0.4, 0.5) is 0 Å². The van der Waals surface area contributed by atoms with Crippen LogP contribution >= 0.6 is 0 Å². The SMILES string of the molecule is C=Nn1cnnc1/C=C\CC. The van der Waals surface area contributed by atoms with E-state index in [4.69, 9.17) is 0 Å². The van der Waals surface area contributed by atoms with Crippen molar-refractivity contribution >= 4 is 12.8 Å². The van der Waals surface area contributed by atoms with Gasteiger partial charge in [0.15, 0.2) is 5.82 Å². The van der Waals surface area contributed by atoms with Gasteiger partial charge in [-0.05, 0) is 12.5 Å². The summed E-state index contributed by atoms with van der Waals surface area (Å²) in [5, 5.41) is 11.2. The minimum Gasteiger partial charge on any atom is -0.201 e. The van der Waals surface area contributed by atoms with E-state index in [1.54, 1.807) is 0 Å². The summed E-state index contributed by atoms with van der Waals surface area (Å²) >= 11 is 0. The third-order valence-corrected chi connectivity index (χ3v) is 1.21. The number of rotatable bonds is 3. The van der Waals surface area contributed by atoms with E-state index >= 15 is 0 Å². The van der Waals surface area contributed by atoms with E-state index in [0.29, 0.717) is 5.82 Å². The first kappa shape index (κ1) is 7.65. The molecule has 1 rings (SSSR count). The number of allylic oxidation sites excluding steroid dienone is 1. The second-order valence-corrected chi connectivity index (χ2v) is 1.99. The first-order valence-corrected chi connectivity index (χ1v) is 3.42. The largest absolute Gasteiger partial charge is 0.201 e. The first-order valence-electron chi connectivity index (χ1n) is 3.42. The highest BCUT2D eigenvalue weighted by Crippen LogP contribution is 1.97. The van der Waals surface area contributed by atoms with Crippen LogP contribution in [0.1, 0.15) is 19.2 Å². The van der Waals surface area contributed by atoms with Gasteiger partial charge in [-0.3, -0.25) is 0 Å². The van der Waals surface area contributed by atoms with Crippen molar-refractivity contribution in [1.29, 1.82) is 0 Å². The second-order valence-electron chi connectivity index (χ2n) is 1.99. The summed E-state index contributed by atoms with van der Waals surface area (Å²) in [6, 6.07) is 0. The Morgan fingerprint density at radius 2 is 2.64 bits per heavy atom. The minimum atomic E-state index is 0.710. The van der Waals surface area contributed by atoms with Crippen LogP contribution in [0.25, 0.3) is 6.08 Å². The van der Waals surface area contributed by atoms with E-state index in [1.165, 1.54) is 11.0 Å². The van der Waals surface area contributed by atoms with Crippen LogP contribution in [-0.4, -0.2) is 21.6 Å². The molecule has 0 aromatic carbocycles. The lowest BCUT2D eigenvalue weighted by Gasteiger charge is -1.89. The molecule has 0 aliphatic heterocycles. The van der Waals surface area contributed by atoms with Crippen LogP contribution < -0.4 is 0 Å². The van der Waals surface area contributed by atoms with E-state index in [9.17, 15) is 0 Å². The topological polar surface area (TPSA) is 43.1 Å². The third kappa shape index (κ3) is 1.73. The summed E-state index contributed by atoms with van der Waals surface area (Å²) in [5.41, 5.74) is 0. The lowest BCUT2D eigenvalue weighted by Crippen LogP contribution is -1.88. The summed E-state index contributed by atoms with van der Waals surface area (Å²) in [6.07, 6.45) is 6.35. The quantitative estimate of drug-likeness (QED) is 0.607. The average molecular weight is 150 g/mol. The zero-order valence-corrected chi connectivity index (χ0v) is 6.44. The summed E-state index contributed by atoms with van der Waals surface area (Å²) in [7, 11) is 0. The first-order chi connectivity index (χ1) is 5.38. The molecular formula is C7H10N4. The van der Waals surface area contributed by atoms with Gasteiger partial charge in [0.25, 0.3) is 0 Å². The van der Waals surface area contributed by atoms with Crippen molar-refractivity contribution in [1.82, 2.24) is 14.9 Å². The molecule has 0 amide bonds. The molecular weight excluding hydrogens is 140 g/mol. The Hall–Kier alpha value is -1.45. The van der Waals surface area contributed by atoms with Crippen molar-refractivity contribution in [3.05, 3.63) is 18.2 Å². The third-order valence-electron chi connectivity index (χ3n) is 1.21. The molecule has 0 radical (unpaired) electrons. The summed E-state index contributed by atoms with van der Waals surface area (Å²) in [5.74, 6) is 0.710. The fraction of sp³-hybridized carbons (Fsp3) is 0.286. The molecule has 0 N–H and O–H groups in total. The Kier molecular flexibility index (Phi) is 2.54. The van der Waals surface area contributed by atoms with E-state index in [0.717, 1.165) is 6.42 Å². The van der Waals surface area contributed by atoms with Crippen LogP contribution in [0.3, 0.4) is 0 Å². The number of nitrogens with zero attached hydrogens (tertiary/aromatic N) is 4. The molecule has 1 aromatic rings. The standard InChI is InChI=1S/C7H10N4/c1-3-4-5-7-10-9-6-11(7)8-2/h4-6H,2-3H2,1H3/b5-4-. The Labute approximate surface area is 65.3 Å². The monoisotopic (exact) mass is 150 g/mol. The Morgan fingerprint density at radius 3 is 3.27 bits per heavy atom. The van der Waals surface area contributed by atoms with Crippen LogP contribution in [0.2, 0.25) is 0 Å². The van der Waals surface area contributed by atoms with Crippen molar-refractivity contribution < 1.29 is 0 Å². The minimum absolute atomic E-state index is 0.710. The summed E-state index contributed by atoms with van der Waals surface area (Å²) < 4.78 is 1.52. The van der Waals surface area contributed by atoms with Gasteiger partial charge in [-0.1, -0.05) is 13.0 Å². The van der Waals surface area contributed by atoms with Gasteiger partial charge in [0, 0.05) is 6.72 Å². The number of hydrogen-bond acceptors (Lipinski definition) is 3. The molecule has 0 saturated carbocycles. The fourth-order valence-corrected chi connectivity index (χ4v) is 0.681. The van der Waals surface area contributed by atoms with Gasteiger partial charge in [0.05, 0.1) is 0 Å². The molecule has 0 aliphatic rings. The molecule has 0 spiro atoms. The van der Waals surface area contributed by atoms with Gasteiger partial charge >= 0.3 is 0 Å². The molecule has 58 valence electrons. The maximum atomic E-state index is 3.82. The molecule has 0 aliphatic carbocycles. The van der Waals surface area contributed by atoms with Crippen LogP contribution in [0.15, 0.2) is 17.5 Å². The van der Waals surface area contributed by atoms with Crippen molar-refractivity contribution in [2.24, 2.45) is 5.10 Å². The normalized spacial score (nSPS) is 10.6. The van der Waals surface area contributed by atoms with Gasteiger partial charge in [-0.15, -0.1) is 10.2 Å². The van der Waals surface area contributed by atoms with E-state index < -0.39 is 0 Å². The van der Waals surface area contributed by atoms with E-state index in [-0.39, 0.29) is 0 Å². The highest BCUT2D eigenvalue weighted by Gasteiger charge is 1.94. The zero-order valence-electron chi connectivity index (χ0n) is 6.44. The molecule has 0 unspecified atom stereocenters. The zero-order chi connectivity index (χ0) is 8.10. The number of aromatic nitrogens is 3. The molecule has 1 heterocycles. The van der Waals surface area contributed by atoms with E-state index in [1.807, 2.05) is 12.2 Å². The highest BCUT2D eigenvalue weighted by molar-refractivity contribution is 5.39. The molecule has 11 heavy (non-hydrogen) atoms. The Bertz CT molecular complexity index is 261. The van der Waals surface area contributed by atoms with Gasteiger partial charge in [0.1, 0.15) is 6.33 Å². The Balaban J connectivity index is 2.84. The van der Waals surface area contributed by atoms with Crippen molar-refractivity contribution in [2.45, 2.75) is 13.3 Å². The average Bonchev–Trinajstić information content (AvgIpc) is 2.47. The van der Waals surface area contributed by atoms with Crippen LogP contribution in [0.5, 0.6) is 0 Å². The summed E-state index contributed by atoms with van der Waals surface area (Å²) in [6.45, 7) is 5.43. The molecule has 0 saturated heterocycles. The van der Waals surface area contributed by atoms with Crippen molar-refractivity contribution in [3.63, 3.8) is 0 Å². The Morgan fingerprint density at radius 1 is 1.82 bits per heavy atom. The number of hydrogen-bond donors (Lipinski definition) is 0. The van der Waals surface area contributed by atoms with Gasteiger partial charge in [-0.2, -0.15) is 5.10 Å². The maximum Gasteiger partial charge on any atom is 0.177 e. The van der Waals surface area contributed by atoms with Crippen LogP contribution in [0, 0.1) is 0 Å². The van der Waals surface area contributed by atoms with Crippen molar-refractivity contribution in [2.75, 3.05) is 0 Å². The molecule has 1 aromatic heterocycles. The fourth-order valence-electron chi connectivity index (χ4n) is 0.681. The lowest BCUT2D eigenvalue weighted by molar-refractivity contribution is 0.869. The summed E-state index contributed by atoms with van der Waals surface area (Å²) in [4.78, 5) is 0. The maximum absolute atomic E-state index is 3.82. The highest BCUT2D eigenvalue weighted by atomic mass is 15.4. The predicted molar refractivity (Wildman–Crippen MR) is 44.3 cm³/mol. The van der Waals surface area contributed by atoms with Crippen molar-refractivity contribution in [3.8, 4) is 0 Å². The second kappa shape index (κ2) is 3.65. The van der Waals surface area contributed by atoms with Gasteiger partial charge in [0.2, 0.25) is 0 Å². The molecule has 0 fully saturated rings. The molecule has 0 bridgehead atoms. The molecule has 0 atom stereocenters. The van der Waals surface area contributed by atoms with Crippen LogP contribution in [-0.2, 0) is 0 Å². The van der Waals surface area contributed by atoms with E-state index in [2.05, 4.69) is 28.9 Å². The lowest BCUT2D eigenvalue weighted by atomic mass is 10.4. The molecule has 4 nitrogen and oxygen atoms in total. The smallest absolute Gasteiger partial charge is 0.177 e. The predicted octanol–water partition coefficient (Wildman–Crippen LogP) is 1.16. The van der Waals surface area contributed by atoms with Gasteiger partial charge < -0.3 is 0 Å². The van der Waals surface area contributed by atoms with Gasteiger partial charge in [-0.25, -0.2) is 4.68 Å². The molecule has 4 heteroatoms.